The van der Waals surface area contributed by atoms with E-state index in [1.54, 1.807) is 24.3 Å². The molecule has 2 rings (SSSR count). The Labute approximate surface area is 165 Å². The fraction of sp³-hybridized carbons (Fsp3) is 0.176. The van der Waals surface area contributed by atoms with Crippen LogP contribution >= 0.6 is 22.6 Å². The van der Waals surface area contributed by atoms with Gasteiger partial charge in [0, 0.05) is 16.2 Å². The molecule has 0 heterocycles. The molecule has 0 atom stereocenters. The van der Waals surface area contributed by atoms with Crippen molar-refractivity contribution in [1.29, 1.82) is 0 Å². The largest absolute Gasteiger partial charge is 0.468 e. The van der Waals surface area contributed by atoms with E-state index < -0.39 is 22.5 Å². The van der Waals surface area contributed by atoms with Crippen molar-refractivity contribution in [3.05, 3.63) is 52.1 Å². The number of hydrogen-bond acceptors (Lipinski definition) is 5. The first kappa shape index (κ1) is 20.2. The van der Waals surface area contributed by atoms with E-state index >= 15 is 0 Å². The number of nitrogens with one attached hydrogen (secondary N) is 1. The first-order valence-electron chi connectivity index (χ1n) is 7.47. The molecule has 1 amide bonds. The number of halogens is 1. The summed E-state index contributed by atoms with van der Waals surface area (Å²) in [6.07, 6.45) is 0. The van der Waals surface area contributed by atoms with Gasteiger partial charge in [-0.25, -0.2) is 8.42 Å². The Hall–Kier alpha value is -2.14. The van der Waals surface area contributed by atoms with Crippen LogP contribution in [0.15, 0.2) is 53.4 Å². The molecule has 0 fully saturated rings. The highest BCUT2D eigenvalue weighted by molar-refractivity contribution is 14.1. The lowest BCUT2D eigenvalue weighted by molar-refractivity contribution is -0.138. The van der Waals surface area contributed by atoms with Crippen LogP contribution < -0.4 is 9.62 Å². The van der Waals surface area contributed by atoms with Crippen LogP contribution in [0.1, 0.15) is 6.92 Å². The summed E-state index contributed by atoms with van der Waals surface area (Å²) in [6.45, 7) is 0.909. The van der Waals surface area contributed by atoms with Crippen LogP contribution in [0.3, 0.4) is 0 Å². The minimum absolute atomic E-state index is 0.00550. The van der Waals surface area contributed by atoms with E-state index in [4.69, 9.17) is 0 Å². The van der Waals surface area contributed by atoms with Gasteiger partial charge in [0.2, 0.25) is 5.91 Å². The summed E-state index contributed by atoms with van der Waals surface area (Å²) in [5.41, 5.74) is 0.826. The number of esters is 1. The zero-order valence-corrected chi connectivity index (χ0v) is 17.1. The fourth-order valence-electron chi connectivity index (χ4n) is 2.14. The number of carbonyl (C=O) groups is 2. The Balaban J connectivity index is 2.42. The van der Waals surface area contributed by atoms with Crippen LogP contribution in [0.4, 0.5) is 11.4 Å². The molecule has 0 saturated heterocycles. The second-order valence-corrected chi connectivity index (χ2v) is 8.38. The van der Waals surface area contributed by atoms with E-state index in [0.29, 0.717) is 11.4 Å². The second-order valence-electron chi connectivity index (χ2n) is 5.27. The van der Waals surface area contributed by atoms with Gasteiger partial charge in [0.15, 0.2) is 0 Å². The predicted molar refractivity (Wildman–Crippen MR) is 106 cm³/mol. The van der Waals surface area contributed by atoms with Gasteiger partial charge in [0.05, 0.1) is 17.7 Å². The summed E-state index contributed by atoms with van der Waals surface area (Å²) < 4.78 is 32.6. The van der Waals surface area contributed by atoms with E-state index in [0.717, 1.165) is 7.88 Å². The highest BCUT2D eigenvalue weighted by Crippen LogP contribution is 2.25. The van der Waals surface area contributed by atoms with E-state index in [1.165, 1.54) is 38.3 Å². The first-order chi connectivity index (χ1) is 12.2. The van der Waals surface area contributed by atoms with E-state index in [9.17, 15) is 18.0 Å². The highest BCUT2D eigenvalue weighted by Gasteiger charge is 2.27. The van der Waals surface area contributed by atoms with Crippen LogP contribution in [0.25, 0.3) is 0 Å². The molecule has 0 radical (unpaired) electrons. The molecule has 26 heavy (non-hydrogen) atoms. The van der Waals surface area contributed by atoms with Crippen molar-refractivity contribution in [1.82, 2.24) is 0 Å². The van der Waals surface area contributed by atoms with E-state index in [-0.39, 0.29) is 10.8 Å². The molecule has 9 heteroatoms. The van der Waals surface area contributed by atoms with Gasteiger partial charge in [0.25, 0.3) is 10.0 Å². The number of benzene rings is 2. The number of hydrogen-bond donors (Lipinski definition) is 1. The zero-order chi connectivity index (χ0) is 19.3. The van der Waals surface area contributed by atoms with E-state index in [2.05, 4.69) is 32.6 Å². The van der Waals surface area contributed by atoms with Crippen molar-refractivity contribution in [2.75, 3.05) is 23.3 Å². The second kappa shape index (κ2) is 8.49. The Morgan fingerprint density at radius 1 is 1.08 bits per heavy atom. The molecule has 0 aliphatic carbocycles. The Morgan fingerprint density at radius 2 is 1.65 bits per heavy atom. The van der Waals surface area contributed by atoms with Gasteiger partial charge in [-0.3, -0.25) is 13.9 Å². The maximum Gasteiger partial charge on any atom is 0.326 e. The van der Waals surface area contributed by atoms with Gasteiger partial charge in [-0.2, -0.15) is 0 Å². The van der Waals surface area contributed by atoms with Gasteiger partial charge in [-0.1, -0.05) is 0 Å². The minimum Gasteiger partial charge on any atom is -0.468 e. The summed E-state index contributed by atoms with van der Waals surface area (Å²) in [5, 5.41) is 2.57. The maximum absolute atomic E-state index is 13.0. The van der Waals surface area contributed by atoms with Gasteiger partial charge in [0.1, 0.15) is 6.54 Å². The Kier molecular flexibility index (Phi) is 6.59. The van der Waals surface area contributed by atoms with Crippen LogP contribution in [0, 0.1) is 3.57 Å². The molecule has 0 aromatic heterocycles. The van der Waals surface area contributed by atoms with Crippen molar-refractivity contribution in [2.45, 2.75) is 11.8 Å². The van der Waals surface area contributed by atoms with Gasteiger partial charge < -0.3 is 10.1 Å². The molecule has 138 valence electrons. The summed E-state index contributed by atoms with van der Waals surface area (Å²) >= 11 is 2.10. The molecule has 0 saturated carbocycles. The zero-order valence-electron chi connectivity index (χ0n) is 14.1. The smallest absolute Gasteiger partial charge is 0.326 e. The number of methoxy groups -OCH3 is 1. The molecule has 0 aliphatic heterocycles. The van der Waals surface area contributed by atoms with Crippen molar-refractivity contribution < 1.29 is 22.7 Å². The lowest BCUT2D eigenvalue weighted by atomic mass is 10.3. The number of anilines is 2. The van der Waals surface area contributed by atoms with Gasteiger partial charge in [-0.15, -0.1) is 0 Å². The molecule has 2 aromatic carbocycles. The number of ether oxygens (including phenoxy) is 1. The SMILES string of the molecule is COC(=O)CN(c1ccc(I)cc1)S(=O)(=O)c1ccc(NC(C)=O)cc1. The average molecular weight is 488 g/mol. The number of sulfonamides is 1. The van der Waals surface area contributed by atoms with Crippen molar-refractivity contribution in [3.8, 4) is 0 Å². The topological polar surface area (TPSA) is 92.8 Å². The normalized spacial score (nSPS) is 10.9. The average Bonchev–Trinajstić information content (AvgIpc) is 2.60. The summed E-state index contributed by atoms with van der Waals surface area (Å²) in [5.74, 6) is -0.936. The molecule has 7 nitrogen and oxygen atoms in total. The minimum atomic E-state index is -4.00. The molecule has 0 bridgehead atoms. The predicted octanol–water partition coefficient (Wildman–Crippen LogP) is 2.62. The Bertz CT molecular complexity index is 896. The van der Waals surface area contributed by atoms with Crippen LogP contribution in [0.5, 0.6) is 0 Å². The number of amides is 1. The van der Waals surface area contributed by atoms with Crippen LogP contribution in [0.2, 0.25) is 0 Å². The standard InChI is InChI=1S/C17H17IN2O5S/c1-12(21)19-14-5-9-16(10-6-14)26(23,24)20(11-17(22)25-2)15-7-3-13(18)4-8-15/h3-10H,11H2,1-2H3,(H,19,21). The summed E-state index contributed by atoms with van der Waals surface area (Å²) in [6, 6.07) is 12.4. The quantitative estimate of drug-likeness (QED) is 0.499. The monoisotopic (exact) mass is 488 g/mol. The van der Waals surface area contributed by atoms with Gasteiger partial charge >= 0.3 is 5.97 Å². The highest BCUT2D eigenvalue weighted by atomic mass is 127. The summed E-state index contributed by atoms with van der Waals surface area (Å²) in [7, 11) is -2.80. The van der Waals surface area contributed by atoms with Crippen molar-refractivity contribution >= 4 is 55.9 Å². The maximum atomic E-state index is 13.0. The third-order valence-electron chi connectivity index (χ3n) is 3.38. The molecule has 1 N–H and O–H groups in total. The molecule has 2 aromatic rings. The lowest BCUT2D eigenvalue weighted by Gasteiger charge is -2.23. The molecule has 0 unspecified atom stereocenters. The molecular weight excluding hydrogens is 471 g/mol. The number of nitrogens with zero attached hydrogens (tertiary/aromatic N) is 1. The summed E-state index contributed by atoms with van der Waals surface area (Å²) in [4.78, 5) is 22.8. The Morgan fingerprint density at radius 3 is 2.15 bits per heavy atom. The van der Waals surface area contributed by atoms with Crippen molar-refractivity contribution in [3.63, 3.8) is 0 Å². The third-order valence-corrected chi connectivity index (χ3v) is 5.88. The molecule has 0 spiro atoms. The lowest BCUT2D eigenvalue weighted by Crippen LogP contribution is -2.36. The number of carbonyl (C=O) groups excluding carboxylic acids is 2. The fourth-order valence-corrected chi connectivity index (χ4v) is 3.91. The van der Waals surface area contributed by atoms with Crippen molar-refractivity contribution in [2.24, 2.45) is 0 Å². The van der Waals surface area contributed by atoms with Crippen LogP contribution in [-0.4, -0.2) is 33.9 Å². The number of rotatable bonds is 6. The van der Waals surface area contributed by atoms with Gasteiger partial charge in [-0.05, 0) is 71.1 Å². The molecular formula is C17H17IN2O5S. The van der Waals surface area contributed by atoms with Crippen LogP contribution in [-0.2, 0) is 24.3 Å². The third kappa shape index (κ3) is 4.94. The van der Waals surface area contributed by atoms with E-state index in [1.807, 2.05) is 0 Å². The molecule has 0 aliphatic rings. The first-order valence-corrected chi connectivity index (χ1v) is 9.98.